The van der Waals surface area contributed by atoms with Crippen molar-refractivity contribution >= 4 is 5.82 Å². The van der Waals surface area contributed by atoms with Gasteiger partial charge in [-0.05, 0) is 61.4 Å². The van der Waals surface area contributed by atoms with Crippen LogP contribution < -0.4 is 15.2 Å². The largest absolute Gasteiger partial charge is 0.494 e. The number of unbranched alkanes of at least 4 members (excludes halogenated alkanes) is 4. The Kier molecular flexibility index (Phi) is 8.51. The van der Waals surface area contributed by atoms with Crippen LogP contribution in [0.3, 0.4) is 0 Å². The number of ether oxygens (including phenoxy) is 2. The number of hydrogen-bond donors (Lipinski definition) is 1. The van der Waals surface area contributed by atoms with Gasteiger partial charge < -0.3 is 15.2 Å². The molecule has 32 heavy (non-hydrogen) atoms. The van der Waals surface area contributed by atoms with Gasteiger partial charge in [0.05, 0.1) is 18.9 Å². The number of anilines is 1. The summed E-state index contributed by atoms with van der Waals surface area (Å²) in [6, 6.07) is 19.6. The summed E-state index contributed by atoms with van der Waals surface area (Å²) < 4.78 is 11.4. The molecule has 0 aliphatic heterocycles. The Balaban J connectivity index is 1.78. The van der Waals surface area contributed by atoms with Crippen molar-refractivity contribution in [3.8, 4) is 40.0 Å². The van der Waals surface area contributed by atoms with E-state index in [4.69, 9.17) is 15.2 Å². The molecule has 0 bridgehead atoms. The van der Waals surface area contributed by atoms with Gasteiger partial charge >= 0.3 is 0 Å². The van der Waals surface area contributed by atoms with Crippen LogP contribution in [-0.4, -0.2) is 18.2 Å². The molecule has 5 heteroatoms. The highest BCUT2D eigenvalue weighted by molar-refractivity contribution is 5.80. The number of benzene rings is 2. The molecule has 0 saturated carbocycles. The smallest absolute Gasteiger partial charge is 0.142 e. The normalized spacial score (nSPS) is 10.5. The number of nitrogen functional groups attached to an aromatic ring is 1. The predicted octanol–water partition coefficient (Wildman–Crippen LogP) is 6.62. The lowest BCUT2D eigenvalue weighted by Gasteiger charge is -2.12. The lowest BCUT2D eigenvalue weighted by molar-refractivity contribution is 0.304. The van der Waals surface area contributed by atoms with Crippen LogP contribution in [0.15, 0.2) is 54.6 Å². The lowest BCUT2D eigenvalue weighted by atomic mass is 9.98. The van der Waals surface area contributed by atoms with Gasteiger partial charge in [-0.3, -0.25) is 0 Å². The molecule has 166 valence electrons. The Bertz CT molecular complexity index is 1040. The summed E-state index contributed by atoms with van der Waals surface area (Å²) in [5.41, 5.74) is 9.81. The van der Waals surface area contributed by atoms with Crippen LogP contribution in [0, 0.1) is 11.3 Å². The number of hydrogen-bond acceptors (Lipinski definition) is 5. The molecule has 0 unspecified atom stereocenters. The Morgan fingerprint density at radius 1 is 0.844 bits per heavy atom. The topological polar surface area (TPSA) is 81.2 Å². The minimum atomic E-state index is 0.223. The Morgan fingerprint density at radius 2 is 1.47 bits per heavy atom. The molecule has 0 aliphatic carbocycles. The van der Waals surface area contributed by atoms with Gasteiger partial charge in [-0.15, -0.1) is 0 Å². The second-order valence-electron chi connectivity index (χ2n) is 7.67. The Labute approximate surface area is 190 Å². The predicted molar refractivity (Wildman–Crippen MR) is 130 cm³/mol. The number of nitrogens with zero attached hydrogens (tertiary/aromatic N) is 2. The molecule has 1 heterocycles. The van der Waals surface area contributed by atoms with Crippen LogP contribution >= 0.6 is 0 Å². The van der Waals surface area contributed by atoms with E-state index in [1.807, 2.05) is 61.5 Å². The second kappa shape index (κ2) is 11.8. The zero-order valence-corrected chi connectivity index (χ0v) is 18.9. The first-order chi connectivity index (χ1) is 15.7. The SMILES string of the molecule is CCCCCCCOc1ccc(-c2cc(-c3ccc(OCC)cc3)nc(N)c2C#N)cc1. The average Bonchev–Trinajstić information content (AvgIpc) is 2.82. The number of nitrogens with two attached hydrogens (primary N) is 1. The van der Waals surface area contributed by atoms with E-state index in [0.29, 0.717) is 17.9 Å². The van der Waals surface area contributed by atoms with Crippen LogP contribution in [0.1, 0.15) is 51.5 Å². The average molecular weight is 430 g/mol. The molecule has 2 N–H and O–H groups in total. The summed E-state index contributed by atoms with van der Waals surface area (Å²) >= 11 is 0. The number of pyridine rings is 1. The van der Waals surface area contributed by atoms with Crippen LogP contribution in [0.5, 0.6) is 11.5 Å². The fourth-order valence-electron chi connectivity index (χ4n) is 3.57. The zero-order chi connectivity index (χ0) is 22.8. The van der Waals surface area contributed by atoms with Crippen molar-refractivity contribution in [1.82, 2.24) is 4.98 Å². The summed E-state index contributed by atoms with van der Waals surface area (Å²) in [6.45, 7) is 5.50. The summed E-state index contributed by atoms with van der Waals surface area (Å²) in [6.07, 6.45) is 6.04. The van der Waals surface area contributed by atoms with Gasteiger partial charge in [0.1, 0.15) is 28.9 Å². The van der Waals surface area contributed by atoms with Gasteiger partial charge in [-0.25, -0.2) is 4.98 Å². The van der Waals surface area contributed by atoms with Crippen molar-refractivity contribution < 1.29 is 9.47 Å². The molecule has 0 saturated heterocycles. The third-order valence-electron chi connectivity index (χ3n) is 5.30. The van der Waals surface area contributed by atoms with E-state index >= 15 is 0 Å². The van der Waals surface area contributed by atoms with E-state index in [9.17, 15) is 5.26 Å². The standard InChI is InChI=1S/C27H31N3O2/c1-3-5-6-7-8-17-32-23-13-9-20(10-14-23)24-18-26(30-27(29)25(24)19-28)21-11-15-22(16-12-21)31-4-2/h9-16,18H,3-8,17H2,1-2H3,(H2,29,30). The van der Waals surface area contributed by atoms with Gasteiger partial charge in [-0.1, -0.05) is 44.7 Å². The first kappa shape index (κ1) is 23.1. The molecule has 3 rings (SSSR count). The molecule has 5 nitrogen and oxygen atoms in total. The highest BCUT2D eigenvalue weighted by Crippen LogP contribution is 2.32. The first-order valence-electron chi connectivity index (χ1n) is 11.3. The van der Waals surface area contributed by atoms with Crippen LogP contribution in [0.4, 0.5) is 5.82 Å². The van der Waals surface area contributed by atoms with Crippen LogP contribution in [-0.2, 0) is 0 Å². The third-order valence-corrected chi connectivity index (χ3v) is 5.30. The molecule has 2 aromatic carbocycles. The quantitative estimate of drug-likeness (QED) is 0.347. The molecular formula is C27H31N3O2. The molecular weight excluding hydrogens is 398 g/mol. The van der Waals surface area contributed by atoms with Crippen molar-refractivity contribution in [3.63, 3.8) is 0 Å². The highest BCUT2D eigenvalue weighted by Gasteiger charge is 2.14. The van der Waals surface area contributed by atoms with Gasteiger partial charge in [0.2, 0.25) is 0 Å². The van der Waals surface area contributed by atoms with E-state index in [1.54, 1.807) is 0 Å². The van der Waals surface area contributed by atoms with Gasteiger partial charge in [0, 0.05) is 11.1 Å². The minimum Gasteiger partial charge on any atom is -0.494 e. The third kappa shape index (κ3) is 6.01. The Hall–Kier alpha value is -3.52. The highest BCUT2D eigenvalue weighted by atomic mass is 16.5. The number of nitriles is 1. The molecule has 3 aromatic rings. The van der Waals surface area contributed by atoms with E-state index in [-0.39, 0.29) is 5.82 Å². The maximum atomic E-state index is 9.67. The van der Waals surface area contributed by atoms with Gasteiger partial charge in [-0.2, -0.15) is 5.26 Å². The fourth-order valence-corrected chi connectivity index (χ4v) is 3.57. The van der Waals surface area contributed by atoms with Crippen LogP contribution in [0.25, 0.3) is 22.4 Å². The molecule has 0 aliphatic rings. The minimum absolute atomic E-state index is 0.223. The molecule has 0 atom stereocenters. The maximum absolute atomic E-state index is 9.67. The van der Waals surface area contributed by atoms with Gasteiger partial charge in [0.15, 0.2) is 0 Å². The Morgan fingerprint density at radius 3 is 2.09 bits per heavy atom. The summed E-state index contributed by atoms with van der Waals surface area (Å²) in [5.74, 6) is 1.86. The monoisotopic (exact) mass is 429 g/mol. The number of rotatable bonds is 11. The maximum Gasteiger partial charge on any atom is 0.142 e. The van der Waals surface area contributed by atoms with Crippen molar-refractivity contribution in [1.29, 1.82) is 5.26 Å². The summed E-state index contributed by atoms with van der Waals surface area (Å²) in [4.78, 5) is 4.45. The lowest BCUT2D eigenvalue weighted by Crippen LogP contribution is -2.00. The molecule has 0 radical (unpaired) electrons. The van der Waals surface area contributed by atoms with Crippen molar-refractivity contribution in [2.45, 2.75) is 46.0 Å². The first-order valence-corrected chi connectivity index (χ1v) is 11.3. The summed E-state index contributed by atoms with van der Waals surface area (Å²) in [5, 5.41) is 9.67. The molecule has 1 aromatic heterocycles. The molecule has 0 fully saturated rings. The van der Waals surface area contributed by atoms with Crippen molar-refractivity contribution in [2.24, 2.45) is 0 Å². The van der Waals surface area contributed by atoms with E-state index in [1.165, 1.54) is 25.7 Å². The van der Waals surface area contributed by atoms with E-state index < -0.39 is 0 Å². The number of aromatic nitrogens is 1. The van der Waals surface area contributed by atoms with Crippen molar-refractivity contribution in [3.05, 3.63) is 60.2 Å². The van der Waals surface area contributed by atoms with E-state index in [2.05, 4.69) is 18.0 Å². The van der Waals surface area contributed by atoms with Crippen LogP contribution in [0.2, 0.25) is 0 Å². The van der Waals surface area contributed by atoms with Gasteiger partial charge in [0.25, 0.3) is 0 Å². The molecule has 0 amide bonds. The zero-order valence-electron chi connectivity index (χ0n) is 18.9. The molecule has 0 spiro atoms. The van der Waals surface area contributed by atoms with E-state index in [0.717, 1.165) is 41.2 Å². The summed E-state index contributed by atoms with van der Waals surface area (Å²) in [7, 11) is 0. The van der Waals surface area contributed by atoms with Crippen molar-refractivity contribution in [2.75, 3.05) is 18.9 Å². The second-order valence-corrected chi connectivity index (χ2v) is 7.67. The fraction of sp³-hybridized carbons (Fsp3) is 0.333.